The molecule has 1 aromatic carbocycles. The van der Waals surface area contributed by atoms with Crippen LogP contribution in [0.4, 0.5) is 0 Å². The van der Waals surface area contributed by atoms with E-state index in [0.717, 1.165) is 12.8 Å². The van der Waals surface area contributed by atoms with Gasteiger partial charge in [-0.25, -0.2) is 0 Å². The zero-order valence-corrected chi connectivity index (χ0v) is 14.2. The molecule has 22 heavy (non-hydrogen) atoms. The highest BCUT2D eigenvalue weighted by molar-refractivity contribution is 6.19. The minimum Gasteiger partial charge on any atom is -0.393 e. The lowest BCUT2D eigenvalue weighted by molar-refractivity contribution is 0.150. The van der Waals surface area contributed by atoms with E-state index in [1.165, 1.54) is 37.7 Å². The molecule has 0 aliphatic heterocycles. The van der Waals surface area contributed by atoms with Crippen molar-refractivity contribution in [1.29, 1.82) is 0 Å². The van der Waals surface area contributed by atoms with E-state index < -0.39 is 0 Å². The van der Waals surface area contributed by atoms with Gasteiger partial charge < -0.3 is 5.11 Å². The van der Waals surface area contributed by atoms with Gasteiger partial charge in [0, 0.05) is 0 Å². The van der Waals surface area contributed by atoms with Gasteiger partial charge in [0.2, 0.25) is 0 Å². The largest absolute Gasteiger partial charge is 0.393 e. The maximum atomic E-state index is 10.3. The maximum Gasteiger partial charge on any atom is 0.120 e. The van der Waals surface area contributed by atoms with Crippen LogP contribution in [0.15, 0.2) is 29.3 Å². The Morgan fingerprint density at radius 2 is 2.05 bits per heavy atom. The molecule has 0 spiro atoms. The van der Waals surface area contributed by atoms with Gasteiger partial charge in [-0.15, -0.1) is 0 Å². The normalized spacial score (nSPS) is 36.8. The van der Waals surface area contributed by atoms with E-state index in [0.29, 0.717) is 5.41 Å². The van der Waals surface area contributed by atoms with E-state index in [4.69, 9.17) is 0 Å². The molecule has 1 aromatic rings. The molecule has 0 unspecified atom stereocenters. The number of aliphatic hydroxyl groups excluding tert-OH is 1. The average Bonchev–Trinajstić information content (AvgIpc) is 2.83. The number of aliphatic hydroxyl groups is 1. The number of benzene rings is 1. The highest BCUT2D eigenvalue weighted by Crippen LogP contribution is 2.60. The van der Waals surface area contributed by atoms with Gasteiger partial charge in [-0.3, -0.25) is 0 Å². The molecule has 0 saturated heterocycles. The predicted octanol–water partition coefficient (Wildman–Crippen LogP) is 3.41. The molecule has 0 amide bonds. The van der Waals surface area contributed by atoms with E-state index in [9.17, 15) is 5.11 Å². The van der Waals surface area contributed by atoms with Gasteiger partial charge in [0.05, 0.1) is 6.10 Å². The minimum absolute atomic E-state index is 0.108. The fourth-order valence-corrected chi connectivity index (χ4v) is 5.99. The van der Waals surface area contributed by atoms with Crippen LogP contribution in [0.2, 0.25) is 0 Å². The molecule has 0 heterocycles. The fourth-order valence-electron chi connectivity index (χ4n) is 5.99. The molecule has 1 saturated carbocycles. The van der Waals surface area contributed by atoms with Gasteiger partial charge in [0.1, 0.15) is 7.85 Å². The molecular weight excluding hydrogens is 267 g/mol. The third-order valence-electron chi connectivity index (χ3n) is 7.07. The second-order valence-corrected chi connectivity index (χ2v) is 8.09. The highest BCUT2D eigenvalue weighted by Gasteiger charge is 2.51. The molecule has 116 valence electrons. The summed E-state index contributed by atoms with van der Waals surface area (Å²) in [6.07, 6.45) is 7.91. The summed E-state index contributed by atoms with van der Waals surface area (Å²) in [6.45, 7) is 4.60. The van der Waals surface area contributed by atoms with Crippen LogP contribution < -0.4 is 0 Å². The van der Waals surface area contributed by atoms with Crippen molar-refractivity contribution in [2.45, 2.75) is 70.2 Å². The summed E-state index contributed by atoms with van der Waals surface area (Å²) >= 11 is 0. The lowest BCUT2D eigenvalue weighted by Gasteiger charge is -2.49. The number of allylic oxidation sites excluding steroid dienone is 1. The van der Waals surface area contributed by atoms with Gasteiger partial charge in [-0.05, 0) is 79.3 Å². The Hall–Kier alpha value is -1.02. The molecule has 3 atom stereocenters. The Bertz CT molecular complexity index is 662. The quantitative estimate of drug-likeness (QED) is 0.621. The van der Waals surface area contributed by atoms with Crippen molar-refractivity contribution >= 4 is 7.85 Å². The van der Waals surface area contributed by atoms with Gasteiger partial charge in [-0.2, -0.15) is 0 Å². The first-order valence-corrected chi connectivity index (χ1v) is 9.00. The Balaban J connectivity index is 1.94. The number of hydrogen-bond donors (Lipinski definition) is 1. The zero-order chi connectivity index (χ0) is 15.5. The maximum absolute atomic E-state index is 10.3. The smallest absolute Gasteiger partial charge is 0.120 e. The van der Waals surface area contributed by atoms with Crippen molar-refractivity contribution in [1.82, 2.24) is 0 Å². The monoisotopic (exact) mass is 294 g/mol. The minimum atomic E-state index is -0.108. The molecule has 1 fully saturated rings. The van der Waals surface area contributed by atoms with Crippen molar-refractivity contribution in [3.63, 3.8) is 0 Å². The van der Waals surface area contributed by atoms with Crippen molar-refractivity contribution < 1.29 is 5.11 Å². The van der Waals surface area contributed by atoms with Gasteiger partial charge >= 0.3 is 0 Å². The van der Waals surface area contributed by atoms with Gasteiger partial charge in [-0.1, -0.05) is 36.3 Å². The highest BCUT2D eigenvalue weighted by atomic mass is 16.3. The lowest BCUT2D eigenvalue weighted by atomic mass is 9.46. The van der Waals surface area contributed by atoms with Crippen molar-refractivity contribution in [3.8, 4) is 0 Å². The Morgan fingerprint density at radius 1 is 1.23 bits per heavy atom. The molecule has 0 aromatic heterocycles. The molecule has 1 nitrogen and oxygen atoms in total. The van der Waals surface area contributed by atoms with Crippen LogP contribution in [-0.2, 0) is 11.7 Å². The topological polar surface area (TPSA) is 20.2 Å². The zero-order valence-electron chi connectivity index (χ0n) is 14.2. The van der Waals surface area contributed by atoms with E-state index in [1.807, 2.05) is 0 Å². The number of fused-ring (bicyclic) bond motifs is 4. The SMILES string of the molecule is B[C@@]12CC[C@@]3(CC)C[C@@H](O)CC3=C1CCc1cccc(C)c12. The van der Waals surface area contributed by atoms with E-state index in [1.54, 1.807) is 22.3 Å². The molecular formula is C20H27BO. The summed E-state index contributed by atoms with van der Waals surface area (Å²) in [5, 5.41) is 10.6. The van der Waals surface area contributed by atoms with Crippen LogP contribution in [0.5, 0.6) is 0 Å². The van der Waals surface area contributed by atoms with Crippen molar-refractivity contribution in [2.75, 3.05) is 0 Å². The molecule has 0 bridgehead atoms. The van der Waals surface area contributed by atoms with E-state index in [-0.39, 0.29) is 11.4 Å². The fraction of sp³-hybridized carbons (Fsp3) is 0.600. The molecule has 0 radical (unpaired) electrons. The summed E-state index contributed by atoms with van der Waals surface area (Å²) in [6, 6.07) is 6.83. The van der Waals surface area contributed by atoms with Crippen molar-refractivity contribution in [2.24, 2.45) is 5.41 Å². The third-order valence-corrected chi connectivity index (χ3v) is 7.07. The van der Waals surface area contributed by atoms with E-state index in [2.05, 4.69) is 39.9 Å². The van der Waals surface area contributed by atoms with Gasteiger partial charge in [0.15, 0.2) is 0 Å². The van der Waals surface area contributed by atoms with Crippen LogP contribution in [0.25, 0.3) is 0 Å². The number of rotatable bonds is 1. The van der Waals surface area contributed by atoms with Crippen LogP contribution in [0.1, 0.15) is 62.1 Å². The second kappa shape index (κ2) is 4.74. The van der Waals surface area contributed by atoms with Crippen LogP contribution >= 0.6 is 0 Å². The third kappa shape index (κ3) is 1.76. The summed E-state index contributed by atoms with van der Waals surface area (Å²) in [5.41, 5.74) is 8.28. The van der Waals surface area contributed by atoms with Crippen LogP contribution in [0.3, 0.4) is 0 Å². The van der Waals surface area contributed by atoms with Gasteiger partial charge in [0.25, 0.3) is 0 Å². The van der Waals surface area contributed by atoms with E-state index >= 15 is 0 Å². The molecule has 4 rings (SSSR count). The Kier molecular flexibility index (Phi) is 3.14. The predicted molar refractivity (Wildman–Crippen MR) is 93.9 cm³/mol. The lowest BCUT2D eigenvalue weighted by Crippen LogP contribution is -2.42. The molecule has 3 aliphatic carbocycles. The Morgan fingerprint density at radius 3 is 2.82 bits per heavy atom. The molecule has 1 N–H and O–H groups in total. The summed E-state index contributed by atoms with van der Waals surface area (Å²) in [5.74, 6) is 0. The number of hydrogen-bond acceptors (Lipinski definition) is 1. The first kappa shape index (κ1) is 14.6. The number of aryl methyl sites for hydroxylation is 2. The summed E-state index contributed by atoms with van der Waals surface area (Å²) < 4.78 is 0. The first-order chi connectivity index (χ1) is 10.5. The average molecular weight is 294 g/mol. The standard InChI is InChI=1S/C20H27BO/c1-3-19-9-10-20(21)16(17(19)11-15(22)12-19)8-7-14-6-4-5-13(2)18(14)20/h4-6,15,22H,3,7-12,21H2,1-2H3/t15-,19-,20-/m0/s1. The van der Waals surface area contributed by atoms with Crippen molar-refractivity contribution in [3.05, 3.63) is 46.0 Å². The first-order valence-electron chi connectivity index (χ1n) is 9.00. The summed E-state index contributed by atoms with van der Waals surface area (Å²) in [7, 11) is 2.48. The molecule has 2 heteroatoms. The molecule has 3 aliphatic rings. The Labute approximate surface area is 135 Å². The summed E-state index contributed by atoms with van der Waals surface area (Å²) in [4.78, 5) is 0. The second-order valence-electron chi connectivity index (χ2n) is 8.09. The van der Waals surface area contributed by atoms with Crippen LogP contribution in [0, 0.1) is 12.3 Å². The van der Waals surface area contributed by atoms with Crippen LogP contribution in [-0.4, -0.2) is 19.1 Å².